The zero-order valence-electron chi connectivity index (χ0n) is 10.3. The van der Waals surface area contributed by atoms with E-state index < -0.39 is 0 Å². The van der Waals surface area contributed by atoms with Gasteiger partial charge in [-0.1, -0.05) is 39.5 Å². The van der Waals surface area contributed by atoms with Gasteiger partial charge in [0.05, 0.1) is 12.1 Å². The molecule has 0 aliphatic heterocycles. The second-order valence-corrected chi connectivity index (χ2v) is 4.16. The van der Waals surface area contributed by atoms with Gasteiger partial charge < -0.3 is 10.4 Å². The number of hydrogen-bond acceptors (Lipinski definition) is 2. The Kier molecular flexibility index (Phi) is 8.38. The van der Waals surface area contributed by atoms with Gasteiger partial charge in [-0.2, -0.15) is 0 Å². The molecule has 2 atom stereocenters. The first-order valence-corrected chi connectivity index (χ1v) is 6.07. The van der Waals surface area contributed by atoms with E-state index in [0.29, 0.717) is 0 Å². The lowest BCUT2D eigenvalue weighted by molar-refractivity contribution is -0.120. The predicted molar refractivity (Wildman–Crippen MR) is 62.7 cm³/mol. The van der Waals surface area contributed by atoms with E-state index in [1.54, 1.807) is 0 Å². The molecule has 0 aromatic heterocycles. The fourth-order valence-corrected chi connectivity index (χ4v) is 1.66. The van der Waals surface area contributed by atoms with E-state index in [0.717, 1.165) is 38.5 Å². The van der Waals surface area contributed by atoms with Gasteiger partial charge in [0.25, 0.3) is 0 Å². The average molecular weight is 215 g/mol. The zero-order valence-corrected chi connectivity index (χ0v) is 10.3. The minimum absolute atomic E-state index is 0.0494. The topological polar surface area (TPSA) is 49.3 Å². The number of carbonyl (C=O) groups excluding carboxylic acids is 1. The van der Waals surface area contributed by atoms with Crippen molar-refractivity contribution < 1.29 is 9.90 Å². The molecule has 3 heteroatoms. The van der Waals surface area contributed by atoms with Crippen LogP contribution in [-0.2, 0) is 4.79 Å². The summed E-state index contributed by atoms with van der Waals surface area (Å²) in [5, 5.41) is 12.7. The van der Waals surface area contributed by atoms with Gasteiger partial charge in [-0.05, 0) is 12.8 Å². The second kappa shape index (κ2) is 8.72. The largest absolute Gasteiger partial charge is 0.391 e. The molecule has 0 fully saturated rings. The van der Waals surface area contributed by atoms with E-state index in [-0.39, 0.29) is 18.1 Å². The number of nitrogens with one attached hydrogen (secondary N) is 1. The van der Waals surface area contributed by atoms with E-state index in [1.807, 2.05) is 0 Å². The summed E-state index contributed by atoms with van der Waals surface area (Å²) in [7, 11) is 0. The molecule has 90 valence electrons. The molecule has 0 saturated heterocycles. The molecule has 0 unspecified atom stereocenters. The molecule has 1 amide bonds. The summed E-state index contributed by atoms with van der Waals surface area (Å²) in [4.78, 5) is 11.0. The number of aliphatic hydroxyl groups is 1. The standard InChI is InChI=1S/C12H25NO2/c1-4-6-8-11(13-10(3)14)12(15)9-7-5-2/h11-12,15H,4-9H2,1-3H3,(H,13,14)/t11-,12-/m1/s1. The quantitative estimate of drug-likeness (QED) is 0.652. The van der Waals surface area contributed by atoms with Gasteiger partial charge in [-0.25, -0.2) is 0 Å². The predicted octanol–water partition coefficient (Wildman–Crippen LogP) is 2.23. The monoisotopic (exact) mass is 215 g/mol. The van der Waals surface area contributed by atoms with Crippen molar-refractivity contribution in [2.24, 2.45) is 0 Å². The van der Waals surface area contributed by atoms with E-state index in [1.165, 1.54) is 6.92 Å². The molecule has 0 aromatic carbocycles. The van der Waals surface area contributed by atoms with Gasteiger partial charge in [0.15, 0.2) is 0 Å². The number of carbonyl (C=O) groups is 1. The molecule has 0 radical (unpaired) electrons. The van der Waals surface area contributed by atoms with Crippen LogP contribution in [0.3, 0.4) is 0 Å². The summed E-state index contributed by atoms with van der Waals surface area (Å²) in [6, 6.07) is -0.0611. The Morgan fingerprint density at radius 2 is 1.73 bits per heavy atom. The molecule has 0 heterocycles. The highest BCUT2D eigenvalue weighted by molar-refractivity contribution is 5.73. The Labute approximate surface area is 93.3 Å². The number of rotatable bonds is 8. The first-order chi connectivity index (χ1) is 7.11. The van der Waals surface area contributed by atoms with Crippen molar-refractivity contribution >= 4 is 5.91 Å². The molecule has 15 heavy (non-hydrogen) atoms. The maximum absolute atomic E-state index is 11.0. The number of unbranched alkanes of at least 4 members (excludes halogenated alkanes) is 2. The molecule has 2 N–H and O–H groups in total. The Morgan fingerprint density at radius 1 is 1.20 bits per heavy atom. The maximum Gasteiger partial charge on any atom is 0.217 e. The smallest absolute Gasteiger partial charge is 0.217 e. The van der Waals surface area contributed by atoms with Crippen molar-refractivity contribution in [3.63, 3.8) is 0 Å². The fourth-order valence-electron chi connectivity index (χ4n) is 1.66. The second-order valence-electron chi connectivity index (χ2n) is 4.16. The molecule has 0 aliphatic rings. The first kappa shape index (κ1) is 14.4. The normalized spacial score (nSPS) is 14.7. The molecule has 0 saturated carbocycles. The molecule has 3 nitrogen and oxygen atoms in total. The molecule has 0 aromatic rings. The third kappa shape index (κ3) is 7.37. The number of amides is 1. The van der Waals surface area contributed by atoms with Crippen molar-refractivity contribution in [3.8, 4) is 0 Å². The van der Waals surface area contributed by atoms with Crippen molar-refractivity contribution in [1.82, 2.24) is 5.32 Å². The summed E-state index contributed by atoms with van der Waals surface area (Å²) in [5.74, 6) is -0.0494. The zero-order chi connectivity index (χ0) is 11.7. The van der Waals surface area contributed by atoms with Gasteiger partial charge in [-0.15, -0.1) is 0 Å². The Balaban J connectivity index is 4.01. The minimum atomic E-state index is -0.389. The van der Waals surface area contributed by atoms with Crippen molar-refractivity contribution in [2.45, 2.75) is 71.4 Å². The molecular weight excluding hydrogens is 190 g/mol. The summed E-state index contributed by atoms with van der Waals surface area (Å²) in [6.07, 6.45) is 5.51. The molecule has 0 bridgehead atoms. The van der Waals surface area contributed by atoms with E-state index in [2.05, 4.69) is 19.2 Å². The van der Waals surface area contributed by atoms with Crippen LogP contribution in [-0.4, -0.2) is 23.2 Å². The Bertz CT molecular complexity index is 171. The molecule has 0 rings (SSSR count). The Hall–Kier alpha value is -0.570. The first-order valence-electron chi connectivity index (χ1n) is 6.07. The van der Waals surface area contributed by atoms with Crippen LogP contribution in [0.2, 0.25) is 0 Å². The van der Waals surface area contributed by atoms with Gasteiger partial charge in [0, 0.05) is 6.92 Å². The van der Waals surface area contributed by atoms with Crippen molar-refractivity contribution in [3.05, 3.63) is 0 Å². The van der Waals surface area contributed by atoms with Crippen LogP contribution in [0.15, 0.2) is 0 Å². The Morgan fingerprint density at radius 3 is 2.20 bits per heavy atom. The maximum atomic E-state index is 11.0. The summed E-state index contributed by atoms with van der Waals surface area (Å²) in [5.41, 5.74) is 0. The number of hydrogen-bond donors (Lipinski definition) is 2. The number of aliphatic hydroxyl groups excluding tert-OH is 1. The van der Waals surface area contributed by atoms with Crippen LogP contribution in [0.25, 0.3) is 0 Å². The van der Waals surface area contributed by atoms with Crippen LogP contribution in [0.1, 0.15) is 59.3 Å². The van der Waals surface area contributed by atoms with Gasteiger partial charge in [0.1, 0.15) is 0 Å². The SMILES string of the molecule is CCCC[C@@H](O)[C@@H](CCCC)NC(C)=O. The molecule has 0 aliphatic carbocycles. The third-order valence-corrected chi connectivity index (χ3v) is 2.58. The van der Waals surface area contributed by atoms with Crippen LogP contribution in [0.4, 0.5) is 0 Å². The van der Waals surface area contributed by atoms with Crippen LogP contribution in [0, 0.1) is 0 Å². The highest BCUT2D eigenvalue weighted by atomic mass is 16.3. The van der Waals surface area contributed by atoms with Crippen LogP contribution in [0.5, 0.6) is 0 Å². The average Bonchev–Trinajstić information content (AvgIpc) is 2.20. The van der Waals surface area contributed by atoms with Crippen LogP contribution >= 0.6 is 0 Å². The van der Waals surface area contributed by atoms with E-state index >= 15 is 0 Å². The van der Waals surface area contributed by atoms with Crippen molar-refractivity contribution in [1.29, 1.82) is 0 Å². The summed E-state index contributed by atoms with van der Waals surface area (Å²) in [6.45, 7) is 5.72. The van der Waals surface area contributed by atoms with Crippen LogP contribution < -0.4 is 5.32 Å². The van der Waals surface area contributed by atoms with Crippen molar-refractivity contribution in [2.75, 3.05) is 0 Å². The van der Waals surface area contributed by atoms with Gasteiger partial charge in [0.2, 0.25) is 5.91 Å². The highest BCUT2D eigenvalue weighted by Gasteiger charge is 2.18. The molecular formula is C12H25NO2. The lowest BCUT2D eigenvalue weighted by Crippen LogP contribution is -2.42. The molecule has 0 spiro atoms. The lowest BCUT2D eigenvalue weighted by Gasteiger charge is -2.23. The highest BCUT2D eigenvalue weighted by Crippen LogP contribution is 2.10. The fraction of sp³-hybridized carbons (Fsp3) is 0.917. The van der Waals surface area contributed by atoms with E-state index in [4.69, 9.17) is 0 Å². The lowest BCUT2D eigenvalue weighted by atomic mass is 10.00. The van der Waals surface area contributed by atoms with Gasteiger partial charge >= 0.3 is 0 Å². The minimum Gasteiger partial charge on any atom is -0.391 e. The van der Waals surface area contributed by atoms with Gasteiger partial charge in [-0.3, -0.25) is 4.79 Å². The summed E-state index contributed by atoms with van der Waals surface area (Å²) >= 11 is 0. The van der Waals surface area contributed by atoms with E-state index in [9.17, 15) is 9.90 Å². The third-order valence-electron chi connectivity index (χ3n) is 2.58. The summed E-state index contributed by atoms with van der Waals surface area (Å²) < 4.78 is 0.